The van der Waals surface area contributed by atoms with Crippen molar-refractivity contribution in [1.82, 2.24) is 5.32 Å². The number of hydrogen-bond acceptors (Lipinski definition) is 2. The van der Waals surface area contributed by atoms with Gasteiger partial charge in [0.05, 0.1) is 7.11 Å². The number of benzene rings is 1. The summed E-state index contributed by atoms with van der Waals surface area (Å²) in [5, 5.41) is 1.88. The molecule has 0 heterocycles. The van der Waals surface area contributed by atoms with Crippen molar-refractivity contribution in [1.29, 1.82) is 0 Å². The molecule has 0 spiro atoms. The van der Waals surface area contributed by atoms with Crippen LogP contribution >= 0.6 is 0 Å². The lowest BCUT2D eigenvalue weighted by Gasteiger charge is -2.20. The van der Waals surface area contributed by atoms with Crippen LogP contribution in [0, 0.1) is 5.41 Å². The first kappa shape index (κ1) is 16.4. The highest BCUT2D eigenvalue weighted by Gasteiger charge is 2.38. The normalized spacial score (nSPS) is 18.2. The molecule has 1 amide bonds. The van der Waals surface area contributed by atoms with Crippen molar-refractivity contribution in [3.05, 3.63) is 35.4 Å². The van der Waals surface area contributed by atoms with Crippen molar-refractivity contribution in [2.75, 3.05) is 13.7 Å². The van der Waals surface area contributed by atoms with Crippen molar-refractivity contribution in [2.24, 2.45) is 5.41 Å². The number of carbonyl (C=O) groups is 1. The first-order valence-corrected chi connectivity index (χ1v) is 6.88. The van der Waals surface area contributed by atoms with E-state index in [-0.39, 0.29) is 12.0 Å². The maximum absolute atomic E-state index is 12.2. The quantitative estimate of drug-likeness (QED) is 0.929. The Labute approximate surface area is 127 Å². The van der Waals surface area contributed by atoms with E-state index in [2.05, 4.69) is 0 Å². The lowest BCUT2D eigenvalue weighted by molar-refractivity contribution is -0.173. The average Bonchev–Trinajstić information content (AvgIpc) is 2.67. The van der Waals surface area contributed by atoms with Crippen LogP contribution in [-0.4, -0.2) is 25.7 Å². The largest absolute Gasteiger partial charge is 0.497 e. The Bertz CT molecular complexity index is 618. The monoisotopic (exact) mass is 313 g/mol. The summed E-state index contributed by atoms with van der Waals surface area (Å²) in [6, 6.07) is 5.70. The molecule has 1 N–H and O–H groups in total. The van der Waals surface area contributed by atoms with E-state index >= 15 is 0 Å². The smallest absolute Gasteiger partial charge is 0.471 e. The van der Waals surface area contributed by atoms with E-state index in [4.69, 9.17) is 4.74 Å². The number of ether oxygens (including phenoxy) is 1. The highest BCUT2D eigenvalue weighted by molar-refractivity contribution is 5.82. The Morgan fingerprint density at radius 2 is 2.09 bits per heavy atom. The Hall–Kier alpha value is -1.98. The third-order valence-electron chi connectivity index (χ3n) is 3.79. The van der Waals surface area contributed by atoms with Gasteiger partial charge in [-0.05, 0) is 40.7 Å². The number of hydrogen-bond donors (Lipinski definition) is 1. The molecule has 120 valence electrons. The van der Waals surface area contributed by atoms with Gasteiger partial charge in [0.2, 0.25) is 0 Å². The summed E-state index contributed by atoms with van der Waals surface area (Å²) in [5.41, 5.74) is 2.81. The van der Waals surface area contributed by atoms with Crippen molar-refractivity contribution >= 4 is 11.5 Å². The summed E-state index contributed by atoms with van der Waals surface area (Å²) in [6.07, 6.45) is -2.41. The molecule has 1 aliphatic carbocycles. The van der Waals surface area contributed by atoms with Crippen LogP contribution in [0.1, 0.15) is 25.0 Å². The number of fused-ring (bicyclic) bond motifs is 1. The second-order valence-electron chi connectivity index (χ2n) is 5.91. The van der Waals surface area contributed by atoms with E-state index < -0.39 is 12.1 Å². The molecule has 22 heavy (non-hydrogen) atoms. The van der Waals surface area contributed by atoms with Gasteiger partial charge in [-0.15, -0.1) is 0 Å². The molecule has 2 rings (SSSR count). The summed E-state index contributed by atoms with van der Waals surface area (Å²) in [7, 11) is 1.56. The molecule has 0 fully saturated rings. The molecular weight excluding hydrogens is 295 g/mol. The Morgan fingerprint density at radius 1 is 1.41 bits per heavy atom. The number of methoxy groups -OCH3 is 1. The van der Waals surface area contributed by atoms with Gasteiger partial charge in [-0.2, -0.15) is 13.2 Å². The highest BCUT2D eigenvalue weighted by Crippen LogP contribution is 2.46. The number of allylic oxidation sites excluding steroid dienone is 1. The molecule has 1 aromatic carbocycles. The summed E-state index contributed by atoms with van der Waals surface area (Å²) in [6.45, 7) is 3.89. The summed E-state index contributed by atoms with van der Waals surface area (Å²) < 4.78 is 41.8. The molecule has 0 aliphatic heterocycles. The van der Waals surface area contributed by atoms with Crippen LogP contribution < -0.4 is 10.1 Å². The maximum atomic E-state index is 12.2. The van der Waals surface area contributed by atoms with E-state index in [0.717, 1.165) is 23.1 Å². The second kappa shape index (κ2) is 5.66. The Morgan fingerprint density at radius 3 is 2.68 bits per heavy atom. The van der Waals surface area contributed by atoms with Crippen LogP contribution in [0.3, 0.4) is 0 Å². The molecule has 6 heteroatoms. The van der Waals surface area contributed by atoms with Crippen molar-refractivity contribution in [3.8, 4) is 5.75 Å². The van der Waals surface area contributed by atoms with Crippen LogP contribution in [0.25, 0.3) is 5.57 Å². The fraction of sp³-hybridized carbons (Fsp3) is 0.438. The van der Waals surface area contributed by atoms with Gasteiger partial charge in [0.1, 0.15) is 5.75 Å². The van der Waals surface area contributed by atoms with Gasteiger partial charge in [-0.1, -0.05) is 26.0 Å². The zero-order valence-corrected chi connectivity index (χ0v) is 12.7. The first-order valence-electron chi connectivity index (χ1n) is 6.88. The molecular formula is C16H18F3NO2. The van der Waals surface area contributed by atoms with Gasteiger partial charge in [-0.3, -0.25) is 4.79 Å². The molecule has 0 saturated carbocycles. The molecule has 3 nitrogen and oxygen atoms in total. The lowest BCUT2D eigenvalue weighted by Crippen LogP contribution is -2.36. The average molecular weight is 313 g/mol. The molecule has 0 atom stereocenters. The topological polar surface area (TPSA) is 38.3 Å². The van der Waals surface area contributed by atoms with Gasteiger partial charge in [0, 0.05) is 6.54 Å². The Kier molecular flexibility index (Phi) is 4.22. The number of carbonyl (C=O) groups excluding carboxylic acids is 1. The zero-order valence-electron chi connectivity index (χ0n) is 12.7. The van der Waals surface area contributed by atoms with E-state index in [1.165, 1.54) is 0 Å². The number of alkyl halides is 3. The van der Waals surface area contributed by atoms with Crippen LogP contribution in [0.2, 0.25) is 0 Å². The molecule has 1 aromatic rings. The van der Waals surface area contributed by atoms with Gasteiger partial charge in [0.25, 0.3) is 0 Å². The summed E-state index contributed by atoms with van der Waals surface area (Å²) in [4.78, 5) is 10.9. The standard InChI is InChI=1S/C16H18F3NO2/c1-15(2)9-10-4-5-11(22-3)8-12(10)13(15)6-7-20-14(21)16(17,18)19/h4-6,8H,7,9H2,1-3H3,(H,20,21). The van der Waals surface area contributed by atoms with E-state index in [1.54, 1.807) is 13.2 Å². The third-order valence-corrected chi connectivity index (χ3v) is 3.79. The fourth-order valence-electron chi connectivity index (χ4n) is 2.76. The van der Waals surface area contributed by atoms with Gasteiger partial charge in [0.15, 0.2) is 0 Å². The lowest BCUT2D eigenvalue weighted by atomic mass is 9.85. The Balaban J connectivity index is 2.23. The molecule has 0 aromatic heterocycles. The minimum absolute atomic E-state index is 0.159. The first-order chi connectivity index (χ1) is 10.1. The number of halogens is 3. The summed E-state index contributed by atoms with van der Waals surface area (Å²) >= 11 is 0. The predicted octanol–water partition coefficient (Wildman–Crippen LogP) is 3.34. The zero-order chi connectivity index (χ0) is 16.5. The molecule has 0 saturated heterocycles. The van der Waals surface area contributed by atoms with Gasteiger partial charge >= 0.3 is 12.1 Å². The van der Waals surface area contributed by atoms with Crippen LogP contribution in [0.5, 0.6) is 5.75 Å². The second-order valence-corrected chi connectivity index (χ2v) is 5.91. The molecule has 0 radical (unpaired) electrons. The molecule has 0 unspecified atom stereocenters. The number of amides is 1. The van der Waals surface area contributed by atoms with E-state index in [1.807, 2.05) is 37.4 Å². The van der Waals surface area contributed by atoms with Crippen LogP contribution in [0.4, 0.5) is 13.2 Å². The van der Waals surface area contributed by atoms with Crippen molar-refractivity contribution in [3.63, 3.8) is 0 Å². The minimum atomic E-state index is -4.86. The van der Waals surface area contributed by atoms with Crippen LogP contribution in [0.15, 0.2) is 24.3 Å². The molecule has 1 aliphatic rings. The van der Waals surface area contributed by atoms with Gasteiger partial charge < -0.3 is 10.1 Å². The van der Waals surface area contributed by atoms with E-state index in [9.17, 15) is 18.0 Å². The van der Waals surface area contributed by atoms with Crippen molar-refractivity contribution in [2.45, 2.75) is 26.4 Å². The maximum Gasteiger partial charge on any atom is 0.471 e. The van der Waals surface area contributed by atoms with E-state index in [0.29, 0.717) is 5.75 Å². The number of nitrogens with one attached hydrogen (secondary N) is 1. The highest BCUT2D eigenvalue weighted by atomic mass is 19.4. The minimum Gasteiger partial charge on any atom is -0.497 e. The van der Waals surface area contributed by atoms with Crippen LogP contribution in [-0.2, 0) is 11.2 Å². The molecule has 0 bridgehead atoms. The predicted molar refractivity (Wildman–Crippen MR) is 77.5 cm³/mol. The third kappa shape index (κ3) is 3.26. The number of rotatable bonds is 3. The fourth-order valence-corrected chi connectivity index (χ4v) is 2.76. The van der Waals surface area contributed by atoms with Gasteiger partial charge in [-0.25, -0.2) is 0 Å². The SMILES string of the molecule is COc1ccc2c(c1)C(=CCNC(=O)C(F)(F)F)C(C)(C)C2. The summed E-state index contributed by atoms with van der Waals surface area (Å²) in [5.74, 6) is -1.23. The van der Waals surface area contributed by atoms with Crippen molar-refractivity contribution < 1.29 is 22.7 Å².